The number of aliphatic hydroxyl groups is 1. The molecule has 1 N–H and O–H groups in total. The lowest BCUT2D eigenvalue weighted by molar-refractivity contribution is -0.168. The molecule has 7 nitrogen and oxygen atoms in total. The Labute approximate surface area is 154 Å². The maximum absolute atomic E-state index is 13.2. The second-order valence-corrected chi connectivity index (χ2v) is 6.93. The fraction of sp³-hybridized carbons (Fsp3) is 0.579. The molecule has 2 atom stereocenters. The zero-order chi connectivity index (χ0) is 18.7. The Hall–Kier alpha value is -1.96. The molecule has 0 aliphatic carbocycles. The number of piperazine rings is 1. The van der Waals surface area contributed by atoms with Crippen LogP contribution in [0.4, 0.5) is 0 Å². The van der Waals surface area contributed by atoms with Crippen LogP contribution < -0.4 is 0 Å². The van der Waals surface area contributed by atoms with Gasteiger partial charge in [-0.15, -0.1) is 0 Å². The third-order valence-corrected chi connectivity index (χ3v) is 5.33. The number of aliphatic hydroxyl groups excluding tert-OH is 1. The summed E-state index contributed by atoms with van der Waals surface area (Å²) in [4.78, 5) is 30.9. The number of amides is 2. The van der Waals surface area contributed by atoms with Gasteiger partial charge in [0.2, 0.25) is 5.91 Å². The highest BCUT2D eigenvalue weighted by Crippen LogP contribution is 2.32. The summed E-state index contributed by atoms with van der Waals surface area (Å²) in [5.74, 6) is -0.184. The van der Waals surface area contributed by atoms with Crippen LogP contribution >= 0.6 is 0 Å². The van der Waals surface area contributed by atoms with E-state index in [1.807, 2.05) is 36.1 Å². The smallest absolute Gasteiger partial charge is 0.254 e. The normalized spacial score (nSPS) is 24.8. The average molecular weight is 361 g/mol. The van der Waals surface area contributed by atoms with Crippen molar-refractivity contribution in [1.82, 2.24) is 14.7 Å². The van der Waals surface area contributed by atoms with Crippen molar-refractivity contribution in [3.8, 4) is 0 Å². The number of ether oxygens (including phenoxy) is 1. The van der Waals surface area contributed by atoms with Gasteiger partial charge in [0.15, 0.2) is 6.10 Å². The van der Waals surface area contributed by atoms with E-state index in [0.29, 0.717) is 19.6 Å². The molecule has 26 heavy (non-hydrogen) atoms. The molecule has 0 bridgehead atoms. The molecule has 1 aromatic carbocycles. The van der Waals surface area contributed by atoms with Gasteiger partial charge in [-0.25, -0.2) is 0 Å². The number of rotatable bonds is 4. The van der Waals surface area contributed by atoms with Crippen molar-refractivity contribution in [2.24, 2.45) is 0 Å². The van der Waals surface area contributed by atoms with Gasteiger partial charge in [0.05, 0.1) is 12.6 Å². The quantitative estimate of drug-likeness (QED) is 0.819. The summed E-state index contributed by atoms with van der Waals surface area (Å²) in [6.45, 7) is 5.36. The molecule has 3 rings (SSSR count). The summed E-state index contributed by atoms with van der Waals surface area (Å²) in [6, 6.07) is 7.39. The topological polar surface area (TPSA) is 73.3 Å². The first kappa shape index (κ1) is 18.8. The number of β-amino-alcohol motifs (C(OH)–C–C–N with tert-alkyl or cyclic N) is 1. The molecule has 0 spiro atoms. The van der Waals surface area contributed by atoms with Gasteiger partial charge in [-0.1, -0.05) is 24.3 Å². The van der Waals surface area contributed by atoms with E-state index in [1.165, 1.54) is 0 Å². The van der Waals surface area contributed by atoms with E-state index in [2.05, 4.69) is 4.90 Å². The number of hydrogen-bond acceptors (Lipinski definition) is 5. The first-order valence-corrected chi connectivity index (χ1v) is 9.07. The highest BCUT2D eigenvalue weighted by atomic mass is 16.5. The Balaban J connectivity index is 1.79. The molecule has 142 valence electrons. The molecule has 7 heteroatoms. The number of carbonyl (C=O) groups is 2. The maximum Gasteiger partial charge on any atom is 0.254 e. The van der Waals surface area contributed by atoms with Crippen molar-refractivity contribution in [2.75, 3.05) is 53.0 Å². The fourth-order valence-electron chi connectivity index (χ4n) is 3.72. The minimum atomic E-state index is -0.691. The number of likely N-dealkylation sites (N-methyl/N-ethyl adjacent to an activating group) is 1. The van der Waals surface area contributed by atoms with Crippen LogP contribution in [0.25, 0.3) is 0 Å². The number of hydrogen-bond donors (Lipinski definition) is 1. The summed E-state index contributed by atoms with van der Waals surface area (Å²) >= 11 is 0. The Morgan fingerprint density at radius 2 is 1.92 bits per heavy atom. The van der Waals surface area contributed by atoms with Crippen molar-refractivity contribution in [1.29, 1.82) is 0 Å². The van der Waals surface area contributed by atoms with Crippen LogP contribution in [0.5, 0.6) is 0 Å². The van der Waals surface area contributed by atoms with Gasteiger partial charge in [-0.05, 0) is 18.1 Å². The van der Waals surface area contributed by atoms with Gasteiger partial charge in [-0.3, -0.25) is 14.5 Å². The maximum atomic E-state index is 13.2. The van der Waals surface area contributed by atoms with Gasteiger partial charge in [-0.2, -0.15) is 0 Å². The van der Waals surface area contributed by atoms with Crippen LogP contribution in [0.2, 0.25) is 0 Å². The average Bonchev–Trinajstić information content (AvgIpc) is 2.65. The van der Waals surface area contributed by atoms with Crippen molar-refractivity contribution in [2.45, 2.75) is 19.1 Å². The number of benzene rings is 1. The van der Waals surface area contributed by atoms with E-state index in [9.17, 15) is 9.59 Å². The lowest BCUT2D eigenvalue weighted by Gasteiger charge is -2.42. The zero-order valence-corrected chi connectivity index (χ0v) is 15.4. The Morgan fingerprint density at radius 1 is 1.23 bits per heavy atom. The van der Waals surface area contributed by atoms with Gasteiger partial charge in [0.1, 0.15) is 6.61 Å². The molecule has 0 aromatic heterocycles. The SMILES string of the molecule is Cc1ccccc1C1C(C(=O)N2CCN(CCO)CC2)OCC(=O)N1C. The molecule has 2 fully saturated rings. The van der Waals surface area contributed by atoms with E-state index in [1.54, 1.807) is 11.9 Å². The molecule has 0 radical (unpaired) electrons. The minimum absolute atomic E-state index is 0.0683. The third-order valence-electron chi connectivity index (χ3n) is 5.33. The lowest BCUT2D eigenvalue weighted by atomic mass is 9.93. The highest BCUT2D eigenvalue weighted by Gasteiger charge is 2.42. The summed E-state index contributed by atoms with van der Waals surface area (Å²) in [7, 11) is 1.74. The standard InChI is InChI=1S/C19H27N3O4/c1-14-5-3-4-6-15(14)17-18(26-13-16(24)20(17)2)19(25)22-9-7-21(8-10-22)11-12-23/h3-6,17-18,23H,7-13H2,1-2H3. The zero-order valence-electron chi connectivity index (χ0n) is 15.4. The Bertz CT molecular complexity index is 658. The molecule has 2 aliphatic heterocycles. The molecule has 2 amide bonds. The second kappa shape index (κ2) is 8.16. The third kappa shape index (κ3) is 3.75. The van der Waals surface area contributed by atoms with Crippen LogP contribution in [0.3, 0.4) is 0 Å². The van der Waals surface area contributed by atoms with Crippen LogP contribution in [0.15, 0.2) is 24.3 Å². The molecule has 2 heterocycles. The van der Waals surface area contributed by atoms with E-state index < -0.39 is 12.1 Å². The summed E-state index contributed by atoms with van der Waals surface area (Å²) in [5.41, 5.74) is 1.98. The number of morpholine rings is 1. The van der Waals surface area contributed by atoms with E-state index >= 15 is 0 Å². The largest absolute Gasteiger partial charge is 0.395 e. The van der Waals surface area contributed by atoms with Crippen molar-refractivity contribution in [3.05, 3.63) is 35.4 Å². The van der Waals surface area contributed by atoms with Crippen LogP contribution in [-0.4, -0.2) is 90.7 Å². The summed E-state index contributed by atoms with van der Waals surface area (Å²) in [5, 5.41) is 9.06. The van der Waals surface area contributed by atoms with Gasteiger partial charge >= 0.3 is 0 Å². The number of aryl methyl sites for hydroxylation is 1. The van der Waals surface area contributed by atoms with E-state index in [0.717, 1.165) is 24.2 Å². The lowest BCUT2D eigenvalue weighted by Crippen LogP contribution is -2.57. The molecular weight excluding hydrogens is 334 g/mol. The molecular formula is C19H27N3O4. The van der Waals surface area contributed by atoms with E-state index in [4.69, 9.17) is 9.84 Å². The molecule has 1 aromatic rings. The summed E-state index contributed by atoms with van der Waals surface area (Å²) < 4.78 is 5.74. The molecule has 2 unspecified atom stereocenters. The molecule has 2 saturated heterocycles. The molecule has 2 aliphatic rings. The second-order valence-electron chi connectivity index (χ2n) is 6.93. The highest BCUT2D eigenvalue weighted by molar-refractivity contribution is 5.86. The van der Waals surface area contributed by atoms with Gasteiger partial charge in [0.25, 0.3) is 5.91 Å². The van der Waals surface area contributed by atoms with Crippen molar-refractivity contribution in [3.63, 3.8) is 0 Å². The molecule has 0 saturated carbocycles. The first-order valence-electron chi connectivity index (χ1n) is 9.07. The van der Waals surface area contributed by atoms with Crippen LogP contribution in [-0.2, 0) is 14.3 Å². The van der Waals surface area contributed by atoms with E-state index in [-0.39, 0.29) is 25.0 Å². The number of nitrogens with zero attached hydrogens (tertiary/aromatic N) is 3. The minimum Gasteiger partial charge on any atom is -0.395 e. The Morgan fingerprint density at radius 3 is 2.58 bits per heavy atom. The Kier molecular flexibility index (Phi) is 5.90. The summed E-state index contributed by atoms with van der Waals surface area (Å²) in [6.07, 6.45) is -0.691. The number of carbonyl (C=O) groups excluding carboxylic acids is 2. The van der Waals surface area contributed by atoms with Crippen molar-refractivity contribution < 1.29 is 19.4 Å². The van der Waals surface area contributed by atoms with Crippen LogP contribution in [0, 0.1) is 6.92 Å². The fourth-order valence-corrected chi connectivity index (χ4v) is 3.72. The predicted octanol–water partition coefficient (Wildman–Crippen LogP) is 0.0298. The first-order chi connectivity index (χ1) is 12.5. The van der Waals surface area contributed by atoms with Gasteiger partial charge in [0, 0.05) is 39.8 Å². The monoisotopic (exact) mass is 361 g/mol. The van der Waals surface area contributed by atoms with Gasteiger partial charge < -0.3 is 19.6 Å². The van der Waals surface area contributed by atoms with Crippen molar-refractivity contribution >= 4 is 11.8 Å². The van der Waals surface area contributed by atoms with Crippen LogP contribution in [0.1, 0.15) is 17.2 Å². The predicted molar refractivity (Wildman–Crippen MR) is 96.5 cm³/mol.